The fourth-order valence-corrected chi connectivity index (χ4v) is 2.45. The normalized spacial score (nSPS) is 14.2. The van der Waals surface area contributed by atoms with Gasteiger partial charge in [0.1, 0.15) is 11.5 Å². The summed E-state index contributed by atoms with van der Waals surface area (Å²) in [7, 11) is 0. The van der Waals surface area contributed by atoms with Crippen LogP contribution in [0.4, 0.5) is 0 Å². The van der Waals surface area contributed by atoms with Crippen LogP contribution in [0.1, 0.15) is 24.0 Å². The monoisotopic (exact) mass is 321 g/mol. The number of nitrogens with one attached hydrogen (secondary N) is 1. The maximum absolute atomic E-state index is 6.31. The Labute approximate surface area is 135 Å². The Morgan fingerprint density at radius 1 is 1.05 bits per heavy atom. The molecule has 110 valence electrons. The van der Waals surface area contributed by atoms with E-state index in [1.165, 1.54) is 12.8 Å². The first kappa shape index (κ1) is 14.7. The molecule has 21 heavy (non-hydrogen) atoms. The zero-order chi connectivity index (χ0) is 14.8. The zero-order valence-electron chi connectivity index (χ0n) is 11.8. The highest BCUT2D eigenvalue weighted by Gasteiger charge is 2.20. The van der Waals surface area contributed by atoms with Gasteiger partial charge in [0.05, 0.1) is 0 Å². The highest BCUT2D eigenvalue weighted by atomic mass is 35.5. The second-order valence-corrected chi connectivity index (χ2v) is 6.24. The average molecular weight is 322 g/mol. The molecule has 2 aromatic rings. The second kappa shape index (κ2) is 6.27. The van der Waals surface area contributed by atoms with Gasteiger partial charge in [0.15, 0.2) is 0 Å². The maximum atomic E-state index is 6.31. The molecule has 0 radical (unpaired) electrons. The van der Waals surface area contributed by atoms with Crippen LogP contribution in [0.15, 0.2) is 36.4 Å². The van der Waals surface area contributed by atoms with E-state index in [9.17, 15) is 0 Å². The van der Waals surface area contributed by atoms with Crippen LogP contribution in [-0.2, 0) is 6.54 Å². The molecule has 1 N–H and O–H groups in total. The van der Waals surface area contributed by atoms with Crippen molar-refractivity contribution in [2.75, 3.05) is 0 Å². The van der Waals surface area contributed by atoms with Gasteiger partial charge in [0.25, 0.3) is 0 Å². The van der Waals surface area contributed by atoms with Crippen LogP contribution in [-0.4, -0.2) is 6.04 Å². The molecule has 1 aliphatic carbocycles. The van der Waals surface area contributed by atoms with Crippen molar-refractivity contribution >= 4 is 23.2 Å². The fraction of sp³-hybridized carbons (Fsp3) is 0.294. The Morgan fingerprint density at radius 3 is 2.43 bits per heavy atom. The fourth-order valence-electron chi connectivity index (χ4n) is 2.09. The number of rotatable bonds is 5. The number of benzene rings is 2. The predicted octanol–water partition coefficient (Wildman–Crippen LogP) is 5.35. The molecule has 1 saturated carbocycles. The molecular weight excluding hydrogens is 305 g/mol. The third kappa shape index (κ3) is 3.91. The summed E-state index contributed by atoms with van der Waals surface area (Å²) in [6, 6.07) is 12.1. The number of ether oxygens (including phenoxy) is 1. The molecule has 0 saturated heterocycles. The van der Waals surface area contributed by atoms with Crippen LogP contribution >= 0.6 is 23.2 Å². The summed E-state index contributed by atoms with van der Waals surface area (Å²) < 4.78 is 5.82. The van der Waals surface area contributed by atoms with Crippen LogP contribution in [0.2, 0.25) is 10.0 Å². The highest BCUT2D eigenvalue weighted by molar-refractivity contribution is 6.31. The Balaban J connectivity index is 1.70. The third-order valence-corrected chi connectivity index (χ3v) is 4.32. The van der Waals surface area contributed by atoms with E-state index < -0.39 is 0 Å². The van der Waals surface area contributed by atoms with Gasteiger partial charge in [0, 0.05) is 22.6 Å². The number of aryl methyl sites for hydroxylation is 1. The SMILES string of the molecule is Cc1cc(Oc2ccc(CNC3CC3)c(Cl)c2)ccc1Cl. The summed E-state index contributed by atoms with van der Waals surface area (Å²) in [6.45, 7) is 2.76. The molecule has 0 spiro atoms. The second-order valence-electron chi connectivity index (χ2n) is 5.42. The highest BCUT2D eigenvalue weighted by Crippen LogP contribution is 2.29. The van der Waals surface area contributed by atoms with E-state index in [0.29, 0.717) is 6.04 Å². The summed E-state index contributed by atoms with van der Waals surface area (Å²) in [5, 5.41) is 4.92. The topological polar surface area (TPSA) is 21.3 Å². The lowest BCUT2D eigenvalue weighted by Crippen LogP contribution is -2.15. The molecular formula is C17H17Cl2NO. The maximum Gasteiger partial charge on any atom is 0.128 e. The molecule has 0 heterocycles. The predicted molar refractivity (Wildman–Crippen MR) is 87.6 cm³/mol. The van der Waals surface area contributed by atoms with Crippen LogP contribution in [0.3, 0.4) is 0 Å². The van der Waals surface area contributed by atoms with Gasteiger partial charge in [-0.3, -0.25) is 0 Å². The first-order chi connectivity index (χ1) is 10.1. The zero-order valence-corrected chi connectivity index (χ0v) is 13.3. The lowest BCUT2D eigenvalue weighted by Gasteiger charge is -2.10. The van der Waals surface area contributed by atoms with Gasteiger partial charge in [-0.15, -0.1) is 0 Å². The summed E-state index contributed by atoms with van der Waals surface area (Å²) >= 11 is 12.3. The van der Waals surface area contributed by atoms with Gasteiger partial charge in [-0.1, -0.05) is 29.3 Å². The molecule has 0 aliphatic heterocycles. The van der Waals surface area contributed by atoms with E-state index in [-0.39, 0.29) is 0 Å². The minimum atomic E-state index is 0.675. The first-order valence-electron chi connectivity index (χ1n) is 7.07. The Hall–Kier alpha value is -1.22. The van der Waals surface area contributed by atoms with E-state index in [4.69, 9.17) is 27.9 Å². The van der Waals surface area contributed by atoms with Crippen LogP contribution in [0.5, 0.6) is 11.5 Å². The van der Waals surface area contributed by atoms with Gasteiger partial charge >= 0.3 is 0 Å². The van der Waals surface area contributed by atoms with Crippen LogP contribution in [0.25, 0.3) is 0 Å². The van der Waals surface area contributed by atoms with Gasteiger partial charge in [-0.25, -0.2) is 0 Å². The smallest absolute Gasteiger partial charge is 0.128 e. The van der Waals surface area contributed by atoms with Gasteiger partial charge in [0.2, 0.25) is 0 Å². The molecule has 2 aromatic carbocycles. The molecule has 3 rings (SSSR count). The largest absolute Gasteiger partial charge is 0.457 e. The molecule has 4 heteroatoms. The lowest BCUT2D eigenvalue weighted by atomic mass is 10.2. The third-order valence-electron chi connectivity index (χ3n) is 3.55. The number of hydrogen-bond acceptors (Lipinski definition) is 2. The Morgan fingerprint density at radius 2 is 1.76 bits per heavy atom. The van der Waals surface area contributed by atoms with Crippen molar-refractivity contribution < 1.29 is 4.74 Å². The molecule has 2 nitrogen and oxygen atoms in total. The molecule has 0 atom stereocenters. The quantitative estimate of drug-likeness (QED) is 0.801. The van der Waals surface area contributed by atoms with Crippen molar-refractivity contribution in [2.45, 2.75) is 32.4 Å². The van der Waals surface area contributed by atoms with E-state index in [0.717, 1.165) is 39.2 Å². The molecule has 0 unspecified atom stereocenters. The number of hydrogen-bond donors (Lipinski definition) is 1. The van der Waals surface area contributed by atoms with E-state index in [1.54, 1.807) is 0 Å². The summed E-state index contributed by atoms with van der Waals surface area (Å²) in [6.07, 6.45) is 2.55. The summed E-state index contributed by atoms with van der Waals surface area (Å²) in [4.78, 5) is 0. The standard InChI is InChI=1S/C17H17Cl2NO/c1-11-8-14(6-7-16(11)18)21-15-5-2-12(17(19)9-15)10-20-13-3-4-13/h2,5-9,13,20H,3-4,10H2,1H3. The van der Waals surface area contributed by atoms with Gasteiger partial charge in [-0.05, 0) is 61.2 Å². The Bertz CT molecular complexity index is 653. The van der Waals surface area contributed by atoms with Crippen molar-refractivity contribution in [3.63, 3.8) is 0 Å². The van der Waals surface area contributed by atoms with Crippen molar-refractivity contribution in [2.24, 2.45) is 0 Å². The Kier molecular flexibility index (Phi) is 4.39. The van der Waals surface area contributed by atoms with Crippen LogP contribution in [0, 0.1) is 6.92 Å². The molecule has 0 aromatic heterocycles. The van der Waals surface area contributed by atoms with Crippen molar-refractivity contribution in [3.8, 4) is 11.5 Å². The molecule has 0 bridgehead atoms. The lowest BCUT2D eigenvalue weighted by molar-refractivity contribution is 0.482. The van der Waals surface area contributed by atoms with Gasteiger partial charge < -0.3 is 10.1 Å². The molecule has 0 amide bonds. The van der Waals surface area contributed by atoms with Crippen molar-refractivity contribution in [1.82, 2.24) is 5.32 Å². The minimum Gasteiger partial charge on any atom is -0.457 e. The van der Waals surface area contributed by atoms with E-state index in [1.807, 2.05) is 43.3 Å². The van der Waals surface area contributed by atoms with E-state index >= 15 is 0 Å². The van der Waals surface area contributed by atoms with E-state index in [2.05, 4.69) is 5.32 Å². The summed E-state index contributed by atoms with van der Waals surface area (Å²) in [5.74, 6) is 1.49. The van der Waals surface area contributed by atoms with Crippen molar-refractivity contribution in [1.29, 1.82) is 0 Å². The molecule has 1 aliphatic rings. The molecule has 1 fully saturated rings. The number of halogens is 2. The first-order valence-corrected chi connectivity index (χ1v) is 7.83. The summed E-state index contributed by atoms with van der Waals surface area (Å²) in [5.41, 5.74) is 2.09. The van der Waals surface area contributed by atoms with Crippen molar-refractivity contribution in [3.05, 3.63) is 57.6 Å². The van der Waals surface area contributed by atoms with Gasteiger partial charge in [-0.2, -0.15) is 0 Å². The average Bonchev–Trinajstić information content (AvgIpc) is 3.26. The van der Waals surface area contributed by atoms with Crippen LogP contribution < -0.4 is 10.1 Å². The minimum absolute atomic E-state index is 0.675.